The molecule has 0 aromatic rings. The molecular weight excluding hydrogens is 505 g/mol. The van der Waals surface area contributed by atoms with Gasteiger partial charge in [0.25, 0.3) is 0 Å². The summed E-state index contributed by atoms with van der Waals surface area (Å²) in [6.45, 7) is 8.50. The molecule has 1 atom stereocenters. The zero-order chi connectivity index (χ0) is 27.9. The first-order valence-electron chi connectivity index (χ1n) is 17.6. The maximum Gasteiger partial charge on any atom is 1.00 e. The molecule has 0 saturated carbocycles. The molecule has 0 N–H and O–H groups in total. The van der Waals surface area contributed by atoms with E-state index in [1.807, 2.05) is 0 Å². The summed E-state index contributed by atoms with van der Waals surface area (Å²) in [5, 5.41) is 11.8. The Balaban J connectivity index is 0. The fraction of sp³-hybridized carbons (Fsp3) is 0.971. The van der Waals surface area contributed by atoms with E-state index < -0.39 is 12.0 Å². The molecule has 0 rings (SSSR count). The third-order valence-electron chi connectivity index (χ3n) is 8.37. The van der Waals surface area contributed by atoms with E-state index in [0.717, 1.165) is 38.8 Å². The zero-order valence-corrected chi connectivity index (χ0v) is 30.7. The fourth-order valence-electron chi connectivity index (χ4n) is 5.81. The Kier molecular flexibility index (Phi) is 38.2. The van der Waals surface area contributed by atoms with E-state index in [1.54, 1.807) is 0 Å². The van der Waals surface area contributed by atoms with Crippen molar-refractivity contribution in [3.8, 4) is 0 Å². The summed E-state index contributed by atoms with van der Waals surface area (Å²) in [6, 6.07) is -0.394. The van der Waals surface area contributed by atoms with Gasteiger partial charge in [-0.2, -0.15) is 0 Å². The van der Waals surface area contributed by atoms with Gasteiger partial charge in [-0.1, -0.05) is 181 Å². The van der Waals surface area contributed by atoms with Gasteiger partial charge in [0, 0.05) is 6.04 Å². The number of carboxylic acid groups (broad SMARTS) is 1. The van der Waals surface area contributed by atoms with Crippen molar-refractivity contribution in [1.82, 2.24) is 4.90 Å². The van der Waals surface area contributed by atoms with Crippen molar-refractivity contribution in [2.75, 3.05) is 13.1 Å². The second-order valence-electron chi connectivity index (χ2n) is 12.1. The Bertz CT molecular complexity index is 444. The van der Waals surface area contributed by atoms with Gasteiger partial charge in [0.15, 0.2) is 0 Å². The van der Waals surface area contributed by atoms with Crippen LogP contribution in [0.15, 0.2) is 0 Å². The van der Waals surface area contributed by atoms with Crippen LogP contribution in [-0.4, -0.2) is 30.0 Å². The summed E-state index contributed by atoms with van der Waals surface area (Å²) in [4.78, 5) is 14.1. The summed E-state index contributed by atoms with van der Waals surface area (Å²) in [5.74, 6) is -0.865. The van der Waals surface area contributed by atoms with E-state index >= 15 is 0 Å². The average Bonchev–Trinajstić information content (AvgIpc) is 2.91. The molecule has 3 nitrogen and oxygen atoms in total. The van der Waals surface area contributed by atoms with Crippen LogP contribution in [0.3, 0.4) is 0 Å². The minimum absolute atomic E-state index is 0. The van der Waals surface area contributed by atoms with Crippen molar-refractivity contribution in [1.29, 1.82) is 0 Å². The van der Waals surface area contributed by atoms with E-state index in [4.69, 9.17) is 0 Å². The number of hydrogen-bond donors (Lipinski definition) is 0. The molecule has 0 aliphatic heterocycles. The van der Waals surface area contributed by atoms with Crippen LogP contribution in [0.25, 0.3) is 0 Å². The topological polar surface area (TPSA) is 43.4 Å². The minimum Gasteiger partial charge on any atom is -0.548 e. The maximum atomic E-state index is 11.8. The third-order valence-corrected chi connectivity index (χ3v) is 8.37. The van der Waals surface area contributed by atoms with Crippen LogP contribution < -0.4 is 56.5 Å². The zero-order valence-electron chi connectivity index (χ0n) is 27.6. The van der Waals surface area contributed by atoms with Crippen LogP contribution in [0, 0.1) is 0 Å². The molecule has 0 aromatic carbocycles. The molecule has 39 heavy (non-hydrogen) atoms. The van der Waals surface area contributed by atoms with E-state index in [2.05, 4.69) is 25.7 Å². The fourth-order valence-corrected chi connectivity index (χ4v) is 5.81. The van der Waals surface area contributed by atoms with E-state index in [9.17, 15) is 9.90 Å². The van der Waals surface area contributed by atoms with Crippen molar-refractivity contribution in [2.45, 2.75) is 207 Å². The number of carbonyl (C=O) groups is 1. The number of hydrogen-bond acceptors (Lipinski definition) is 3. The summed E-state index contributed by atoms with van der Waals surface area (Å²) in [5.41, 5.74) is 0. The molecule has 0 aromatic heterocycles. The smallest absolute Gasteiger partial charge is 0.548 e. The van der Waals surface area contributed by atoms with Gasteiger partial charge in [0.2, 0.25) is 0 Å². The van der Waals surface area contributed by atoms with Gasteiger partial charge < -0.3 is 9.90 Å². The molecule has 1 unspecified atom stereocenters. The second kappa shape index (κ2) is 35.3. The molecule has 0 radical (unpaired) electrons. The Hall–Kier alpha value is 1.07. The van der Waals surface area contributed by atoms with Crippen molar-refractivity contribution >= 4 is 5.97 Å². The molecule has 0 saturated heterocycles. The number of carboxylic acids is 1. The van der Waals surface area contributed by atoms with Crippen molar-refractivity contribution in [3.05, 3.63) is 0 Å². The Morgan fingerprint density at radius 2 is 0.718 bits per heavy atom. The van der Waals surface area contributed by atoms with E-state index in [1.165, 1.54) is 154 Å². The van der Waals surface area contributed by atoms with Gasteiger partial charge in [-0.3, -0.25) is 4.90 Å². The van der Waals surface area contributed by atoms with Gasteiger partial charge in [0.05, 0.1) is 5.97 Å². The molecular formula is C35H70KNO2. The average molecular weight is 576 g/mol. The number of rotatable bonds is 32. The van der Waals surface area contributed by atoms with Crippen molar-refractivity contribution in [3.63, 3.8) is 0 Å². The standard InChI is InChI=1S/C35H71NO2.K/c1-4-7-9-11-13-15-17-19-21-23-25-27-29-32-36(34(31-6-3)35(37)38)33-30-28-26-24-22-20-18-16-14-12-10-8-5-2;/h34H,4-33H2,1-3H3,(H,37,38);/q;+1/p-1. The first-order chi connectivity index (χ1) is 18.7. The van der Waals surface area contributed by atoms with E-state index in [0.29, 0.717) is 0 Å². The summed E-state index contributed by atoms with van der Waals surface area (Å²) >= 11 is 0. The van der Waals surface area contributed by atoms with Crippen LogP contribution in [0.5, 0.6) is 0 Å². The van der Waals surface area contributed by atoms with Crippen LogP contribution in [0.4, 0.5) is 0 Å². The Morgan fingerprint density at radius 1 is 0.462 bits per heavy atom. The Labute approximate surface area is 289 Å². The first kappa shape index (κ1) is 42.2. The number of carbonyl (C=O) groups excluding carboxylic acids is 1. The molecule has 228 valence electrons. The van der Waals surface area contributed by atoms with Gasteiger partial charge >= 0.3 is 51.4 Å². The Morgan fingerprint density at radius 3 is 0.949 bits per heavy atom. The number of unbranched alkanes of at least 4 members (excludes halogenated alkanes) is 24. The van der Waals surface area contributed by atoms with Gasteiger partial charge in [-0.25, -0.2) is 0 Å². The summed E-state index contributed by atoms with van der Waals surface area (Å²) < 4.78 is 0. The molecule has 0 aliphatic carbocycles. The van der Waals surface area contributed by atoms with Crippen LogP contribution >= 0.6 is 0 Å². The third kappa shape index (κ3) is 30.3. The quantitative estimate of drug-likeness (QED) is 0.0620. The molecule has 0 heterocycles. The first-order valence-corrected chi connectivity index (χ1v) is 17.6. The van der Waals surface area contributed by atoms with Crippen LogP contribution in [0.1, 0.15) is 201 Å². The second-order valence-corrected chi connectivity index (χ2v) is 12.1. The van der Waals surface area contributed by atoms with Crippen molar-refractivity contribution in [2.24, 2.45) is 0 Å². The number of nitrogens with zero attached hydrogens (tertiary/aromatic N) is 1. The minimum atomic E-state index is -0.865. The van der Waals surface area contributed by atoms with Gasteiger partial charge in [-0.15, -0.1) is 0 Å². The molecule has 4 heteroatoms. The summed E-state index contributed by atoms with van der Waals surface area (Å²) in [7, 11) is 0. The van der Waals surface area contributed by atoms with Crippen LogP contribution in [-0.2, 0) is 4.79 Å². The van der Waals surface area contributed by atoms with Gasteiger partial charge in [-0.05, 0) is 32.4 Å². The predicted octanol–water partition coefficient (Wildman–Crippen LogP) is 7.39. The molecule has 0 spiro atoms. The number of aliphatic carboxylic acids is 1. The van der Waals surface area contributed by atoms with Crippen molar-refractivity contribution < 1.29 is 61.3 Å². The van der Waals surface area contributed by atoms with E-state index in [-0.39, 0.29) is 51.4 Å². The monoisotopic (exact) mass is 576 g/mol. The maximum absolute atomic E-state index is 11.8. The SMILES string of the molecule is CCCCCCCCCCCCCCCN(CCCCCCCCCCCCCCC)C(CCC)C(=O)[O-].[K+]. The molecule has 0 fully saturated rings. The molecule has 0 aliphatic rings. The molecule has 0 bridgehead atoms. The van der Waals surface area contributed by atoms with Crippen LogP contribution in [0.2, 0.25) is 0 Å². The summed E-state index contributed by atoms with van der Waals surface area (Å²) in [6.07, 6.45) is 36.8. The largest absolute Gasteiger partial charge is 1.00 e. The normalized spacial score (nSPS) is 12.1. The molecule has 0 amide bonds. The predicted molar refractivity (Wildman–Crippen MR) is 167 cm³/mol. The van der Waals surface area contributed by atoms with Gasteiger partial charge in [0.1, 0.15) is 0 Å².